The Morgan fingerprint density at radius 2 is 2.20 bits per heavy atom. The molecular weight excluding hydrogens is 400 g/mol. The van der Waals surface area contributed by atoms with Gasteiger partial charge in [-0.2, -0.15) is 26.2 Å². The molecule has 0 saturated carbocycles. The lowest BCUT2D eigenvalue weighted by Crippen LogP contribution is -2.25. The molecule has 0 saturated heterocycles. The Kier molecular flexibility index (Phi) is 4.51. The molecule has 8 nitrogen and oxygen atoms in total. The van der Waals surface area contributed by atoms with Crippen molar-refractivity contribution < 1.29 is 9.53 Å². The van der Waals surface area contributed by atoms with E-state index >= 15 is 0 Å². The molecule has 0 fully saturated rings. The van der Waals surface area contributed by atoms with E-state index in [1.165, 1.54) is 0 Å². The van der Waals surface area contributed by atoms with Gasteiger partial charge in [0.2, 0.25) is 5.91 Å². The highest BCUT2D eigenvalue weighted by atomic mass is 32.1. The number of nitrogens with one attached hydrogen (secondary N) is 1. The summed E-state index contributed by atoms with van der Waals surface area (Å²) in [5.74, 6) is 1.53. The Morgan fingerprint density at radius 1 is 1.30 bits per heavy atom. The molecule has 1 amide bonds. The molecule has 1 N–H and O–H groups in total. The van der Waals surface area contributed by atoms with E-state index in [1.807, 2.05) is 36.6 Å². The van der Waals surface area contributed by atoms with Gasteiger partial charge in [0.15, 0.2) is 0 Å². The van der Waals surface area contributed by atoms with E-state index in [2.05, 4.69) is 37.0 Å². The highest BCUT2D eigenvalue weighted by Crippen LogP contribution is 2.40. The zero-order chi connectivity index (χ0) is 20.7. The number of carbonyl (C=O) groups is 1. The number of carbonyl (C=O) groups excluding carboxylic acids is 1. The molecular formula is C21H18N6O2S. The maximum absolute atomic E-state index is 12.5. The molecule has 0 radical (unpaired) electrons. The average Bonchev–Trinajstić information content (AvgIpc) is 3.42. The SMILES string of the molecule is COc1cccc(-c2cnnc(-n3nc(C)c4c3NC(=O)C[C@H]4c3ccsc3)n2)c1. The van der Waals surface area contributed by atoms with Crippen LogP contribution in [0.4, 0.5) is 5.82 Å². The van der Waals surface area contributed by atoms with Crippen LogP contribution in [-0.4, -0.2) is 38.0 Å². The third-order valence-corrected chi connectivity index (χ3v) is 5.85. The van der Waals surface area contributed by atoms with Crippen LogP contribution in [-0.2, 0) is 4.79 Å². The second-order valence-corrected chi connectivity index (χ2v) is 7.77. The van der Waals surface area contributed by atoms with Crippen molar-refractivity contribution in [2.24, 2.45) is 0 Å². The van der Waals surface area contributed by atoms with Crippen molar-refractivity contribution in [3.8, 4) is 23.0 Å². The van der Waals surface area contributed by atoms with Crippen LogP contribution in [0.1, 0.15) is 29.2 Å². The van der Waals surface area contributed by atoms with Gasteiger partial charge in [-0.05, 0) is 41.4 Å². The molecule has 5 rings (SSSR count). The molecule has 4 aromatic rings. The van der Waals surface area contributed by atoms with Crippen molar-refractivity contribution in [2.75, 3.05) is 12.4 Å². The minimum atomic E-state index is -0.0586. The predicted molar refractivity (Wildman–Crippen MR) is 113 cm³/mol. The van der Waals surface area contributed by atoms with E-state index in [0.29, 0.717) is 23.9 Å². The molecule has 0 spiro atoms. The number of nitrogens with zero attached hydrogens (tertiary/aromatic N) is 5. The lowest BCUT2D eigenvalue weighted by Gasteiger charge is -2.23. The Bertz CT molecular complexity index is 1230. The smallest absolute Gasteiger partial charge is 0.272 e. The van der Waals surface area contributed by atoms with Crippen LogP contribution in [0.3, 0.4) is 0 Å². The van der Waals surface area contributed by atoms with E-state index < -0.39 is 0 Å². The minimum Gasteiger partial charge on any atom is -0.497 e. The summed E-state index contributed by atoms with van der Waals surface area (Å²) in [7, 11) is 1.62. The van der Waals surface area contributed by atoms with Crippen LogP contribution in [0, 0.1) is 6.92 Å². The third-order valence-electron chi connectivity index (χ3n) is 5.15. The fourth-order valence-corrected chi connectivity index (χ4v) is 4.47. The second-order valence-electron chi connectivity index (χ2n) is 6.99. The maximum Gasteiger partial charge on any atom is 0.272 e. The molecule has 1 aliphatic heterocycles. The van der Waals surface area contributed by atoms with Crippen LogP contribution < -0.4 is 10.1 Å². The molecule has 4 heterocycles. The maximum atomic E-state index is 12.5. The van der Waals surface area contributed by atoms with Crippen molar-refractivity contribution in [2.45, 2.75) is 19.3 Å². The van der Waals surface area contributed by atoms with E-state index in [0.717, 1.165) is 28.1 Å². The lowest BCUT2D eigenvalue weighted by molar-refractivity contribution is -0.116. The third kappa shape index (κ3) is 3.13. The standard InChI is InChI=1S/C21H18N6O2S/c1-12-19-16(14-6-7-30-11-14)9-18(28)24-20(19)27(26-12)21-23-17(10-22-25-21)13-4-3-5-15(8-13)29-2/h3-8,10-11,16H,9H2,1-2H3,(H,24,28)/t16-/m0/s1. The molecule has 1 aliphatic rings. The molecule has 0 bridgehead atoms. The highest BCUT2D eigenvalue weighted by Gasteiger charge is 2.33. The number of methoxy groups -OCH3 is 1. The zero-order valence-electron chi connectivity index (χ0n) is 16.4. The first-order valence-electron chi connectivity index (χ1n) is 9.40. The minimum absolute atomic E-state index is 0.0386. The van der Waals surface area contributed by atoms with E-state index in [1.54, 1.807) is 29.3 Å². The zero-order valence-corrected chi connectivity index (χ0v) is 17.2. The van der Waals surface area contributed by atoms with Gasteiger partial charge in [-0.25, -0.2) is 4.98 Å². The Labute approximate surface area is 176 Å². The monoisotopic (exact) mass is 418 g/mol. The summed E-state index contributed by atoms with van der Waals surface area (Å²) < 4.78 is 6.87. The van der Waals surface area contributed by atoms with E-state index in [-0.39, 0.29) is 11.8 Å². The Morgan fingerprint density at radius 3 is 3.00 bits per heavy atom. The van der Waals surface area contributed by atoms with Crippen molar-refractivity contribution in [3.63, 3.8) is 0 Å². The normalized spacial score (nSPS) is 15.5. The van der Waals surface area contributed by atoms with Crippen LogP contribution >= 0.6 is 11.3 Å². The molecule has 0 aliphatic carbocycles. The van der Waals surface area contributed by atoms with Crippen molar-refractivity contribution in [3.05, 3.63) is 64.1 Å². The van der Waals surface area contributed by atoms with Gasteiger partial charge >= 0.3 is 0 Å². The summed E-state index contributed by atoms with van der Waals surface area (Å²) in [6.45, 7) is 1.94. The summed E-state index contributed by atoms with van der Waals surface area (Å²) in [5, 5.41) is 20.0. The molecule has 150 valence electrons. The first kappa shape index (κ1) is 18.4. The Hall–Kier alpha value is -3.59. The number of rotatable bonds is 4. The summed E-state index contributed by atoms with van der Waals surface area (Å²) in [6, 6.07) is 9.62. The molecule has 3 aromatic heterocycles. The topological polar surface area (TPSA) is 94.8 Å². The number of thiophene rings is 1. The van der Waals surface area contributed by atoms with Gasteiger partial charge in [-0.3, -0.25) is 4.79 Å². The molecule has 1 atom stereocenters. The summed E-state index contributed by atoms with van der Waals surface area (Å²) >= 11 is 1.62. The van der Waals surface area contributed by atoms with Gasteiger partial charge < -0.3 is 10.1 Å². The fraction of sp³-hybridized carbons (Fsp3) is 0.190. The number of benzene rings is 1. The van der Waals surface area contributed by atoms with Crippen molar-refractivity contribution >= 4 is 23.1 Å². The van der Waals surface area contributed by atoms with Crippen LogP contribution in [0.15, 0.2) is 47.3 Å². The number of hydrogen-bond donors (Lipinski definition) is 1. The van der Waals surface area contributed by atoms with E-state index in [9.17, 15) is 4.79 Å². The summed E-state index contributed by atoms with van der Waals surface area (Å²) in [6.07, 6.45) is 1.98. The fourth-order valence-electron chi connectivity index (χ4n) is 3.76. The number of hydrogen-bond acceptors (Lipinski definition) is 7. The molecule has 1 aromatic carbocycles. The van der Waals surface area contributed by atoms with Gasteiger partial charge in [0.25, 0.3) is 5.95 Å². The summed E-state index contributed by atoms with van der Waals surface area (Å²) in [4.78, 5) is 17.1. The quantitative estimate of drug-likeness (QED) is 0.544. The lowest BCUT2D eigenvalue weighted by atomic mass is 9.87. The molecule has 9 heteroatoms. The highest BCUT2D eigenvalue weighted by molar-refractivity contribution is 7.08. The van der Waals surface area contributed by atoms with Crippen molar-refractivity contribution in [1.29, 1.82) is 0 Å². The first-order chi connectivity index (χ1) is 14.6. The molecule has 0 unspecified atom stereocenters. The van der Waals surface area contributed by atoms with Gasteiger partial charge in [-0.15, -0.1) is 5.10 Å². The number of ether oxygens (including phenoxy) is 1. The number of amides is 1. The van der Waals surface area contributed by atoms with Gasteiger partial charge in [0.05, 0.1) is 24.7 Å². The van der Waals surface area contributed by atoms with Crippen LogP contribution in [0.5, 0.6) is 5.75 Å². The van der Waals surface area contributed by atoms with Gasteiger partial charge in [-0.1, -0.05) is 12.1 Å². The first-order valence-corrected chi connectivity index (χ1v) is 10.3. The number of anilines is 1. The van der Waals surface area contributed by atoms with Crippen LogP contribution in [0.2, 0.25) is 0 Å². The second kappa shape index (κ2) is 7.34. The average molecular weight is 418 g/mol. The van der Waals surface area contributed by atoms with Crippen LogP contribution in [0.25, 0.3) is 17.2 Å². The Balaban J connectivity index is 1.61. The van der Waals surface area contributed by atoms with Crippen molar-refractivity contribution in [1.82, 2.24) is 25.0 Å². The largest absolute Gasteiger partial charge is 0.497 e. The number of fused-ring (bicyclic) bond motifs is 1. The summed E-state index contributed by atoms with van der Waals surface area (Å²) in [5.41, 5.74) is 4.42. The molecule has 30 heavy (non-hydrogen) atoms. The predicted octanol–water partition coefficient (Wildman–Crippen LogP) is 3.58. The number of aryl methyl sites for hydroxylation is 1. The number of aromatic nitrogens is 5. The van der Waals surface area contributed by atoms with Gasteiger partial charge in [0.1, 0.15) is 11.6 Å². The van der Waals surface area contributed by atoms with E-state index in [4.69, 9.17) is 4.74 Å². The van der Waals surface area contributed by atoms with Gasteiger partial charge in [0, 0.05) is 23.5 Å².